The molecule has 0 unspecified atom stereocenters. The summed E-state index contributed by atoms with van der Waals surface area (Å²) in [5.41, 5.74) is 3.43. The van der Waals surface area contributed by atoms with Gasteiger partial charge in [-0.15, -0.1) is 0 Å². The van der Waals surface area contributed by atoms with Crippen LogP contribution in [0.25, 0.3) is 0 Å². The highest BCUT2D eigenvalue weighted by Gasteiger charge is 2.23. The number of hydrogen-bond donors (Lipinski definition) is 3. The summed E-state index contributed by atoms with van der Waals surface area (Å²) in [5, 5.41) is 9.15. The third-order valence-electron chi connectivity index (χ3n) is 3.19. The van der Waals surface area contributed by atoms with Crippen LogP contribution in [0.3, 0.4) is 0 Å². The van der Waals surface area contributed by atoms with Crippen molar-refractivity contribution in [1.82, 2.24) is 9.88 Å². The second kappa shape index (κ2) is 7.70. The van der Waals surface area contributed by atoms with Gasteiger partial charge >= 0.3 is 0 Å². The maximum absolute atomic E-state index is 12.6. The molecule has 106 valence electrons. The minimum Gasteiger partial charge on any atom is -0.395 e. The fourth-order valence-electron chi connectivity index (χ4n) is 2.14. The number of nitrogen functional groups attached to an aromatic ring is 1. The molecule has 0 spiro atoms. The third-order valence-corrected chi connectivity index (χ3v) is 3.19. The molecule has 1 aromatic rings. The van der Waals surface area contributed by atoms with E-state index in [1.54, 1.807) is 17.2 Å². The number of aliphatic hydroxyl groups excluding tert-OH is 1. The Hall–Kier alpha value is -1.66. The minimum absolute atomic E-state index is 0.0568. The van der Waals surface area contributed by atoms with Crippen LogP contribution in [0.15, 0.2) is 18.5 Å². The summed E-state index contributed by atoms with van der Waals surface area (Å²) >= 11 is 0. The van der Waals surface area contributed by atoms with E-state index in [2.05, 4.69) is 10.4 Å². The molecule has 1 aromatic heterocycles. The van der Waals surface area contributed by atoms with Crippen molar-refractivity contribution in [2.24, 2.45) is 5.84 Å². The molecular formula is C13H22N4O2. The molecule has 1 heterocycles. The minimum atomic E-state index is -0.141. The number of pyridine rings is 1. The molecule has 0 aromatic carbocycles. The first kappa shape index (κ1) is 15.4. The van der Waals surface area contributed by atoms with Gasteiger partial charge in [0.05, 0.1) is 24.1 Å². The standard InChI is InChI=1S/C13H22N4O2/c1-3-10(4-2)17(7-8-18)13(19)11-5-6-15-9-12(11)16-14/h5-6,9-10,16,18H,3-4,7-8,14H2,1-2H3. The number of nitrogens with zero attached hydrogens (tertiary/aromatic N) is 2. The van der Waals surface area contributed by atoms with E-state index in [1.165, 1.54) is 6.20 Å². The number of rotatable bonds is 7. The summed E-state index contributed by atoms with van der Waals surface area (Å²) in [5.74, 6) is 5.25. The fraction of sp³-hybridized carbons (Fsp3) is 0.538. The summed E-state index contributed by atoms with van der Waals surface area (Å²) in [6, 6.07) is 1.74. The smallest absolute Gasteiger partial charge is 0.256 e. The van der Waals surface area contributed by atoms with Crippen LogP contribution in [0.4, 0.5) is 5.69 Å². The zero-order valence-corrected chi connectivity index (χ0v) is 11.5. The molecular weight excluding hydrogens is 244 g/mol. The lowest BCUT2D eigenvalue weighted by Gasteiger charge is -2.30. The molecule has 0 radical (unpaired) electrons. The maximum Gasteiger partial charge on any atom is 0.256 e. The zero-order chi connectivity index (χ0) is 14.3. The molecule has 4 N–H and O–H groups in total. The highest BCUT2D eigenvalue weighted by atomic mass is 16.3. The van der Waals surface area contributed by atoms with Gasteiger partial charge in [0.2, 0.25) is 0 Å². The van der Waals surface area contributed by atoms with Crippen molar-refractivity contribution in [3.8, 4) is 0 Å². The van der Waals surface area contributed by atoms with Crippen molar-refractivity contribution >= 4 is 11.6 Å². The first-order chi connectivity index (χ1) is 9.19. The second-order valence-corrected chi connectivity index (χ2v) is 4.26. The number of anilines is 1. The van der Waals surface area contributed by atoms with Gasteiger partial charge in [0.15, 0.2) is 0 Å². The Balaban J connectivity index is 3.04. The second-order valence-electron chi connectivity index (χ2n) is 4.26. The summed E-state index contributed by atoms with van der Waals surface area (Å²) in [4.78, 5) is 18.2. The van der Waals surface area contributed by atoms with E-state index in [9.17, 15) is 4.79 Å². The van der Waals surface area contributed by atoms with Gasteiger partial charge in [-0.3, -0.25) is 15.6 Å². The first-order valence-electron chi connectivity index (χ1n) is 6.51. The van der Waals surface area contributed by atoms with Gasteiger partial charge in [0.1, 0.15) is 0 Å². The van der Waals surface area contributed by atoms with Gasteiger partial charge < -0.3 is 15.4 Å². The normalized spacial score (nSPS) is 10.6. The van der Waals surface area contributed by atoms with E-state index in [4.69, 9.17) is 10.9 Å². The maximum atomic E-state index is 12.6. The van der Waals surface area contributed by atoms with Crippen LogP contribution in [0, 0.1) is 0 Å². The number of aliphatic hydroxyl groups is 1. The molecule has 1 amide bonds. The Morgan fingerprint density at radius 2 is 2.21 bits per heavy atom. The summed E-state index contributed by atoms with van der Waals surface area (Å²) in [7, 11) is 0. The SMILES string of the molecule is CCC(CC)N(CCO)C(=O)c1ccncc1NN. The van der Waals surface area contributed by atoms with E-state index in [1.807, 2.05) is 13.8 Å². The first-order valence-corrected chi connectivity index (χ1v) is 6.51. The number of carbonyl (C=O) groups excluding carboxylic acids is 1. The fourth-order valence-corrected chi connectivity index (χ4v) is 2.14. The topological polar surface area (TPSA) is 91.5 Å². The lowest BCUT2D eigenvalue weighted by atomic mass is 10.1. The average molecular weight is 266 g/mol. The summed E-state index contributed by atoms with van der Waals surface area (Å²) in [6.07, 6.45) is 4.76. The zero-order valence-electron chi connectivity index (χ0n) is 11.5. The highest BCUT2D eigenvalue weighted by molar-refractivity contribution is 5.99. The molecule has 6 heteroatoms. The van der Waals surface area contributed by atoms with Crippen LogP contribution in [0.1, 0.15) is 37.0 Å². The van der Waals surface area contributed by atoms with Crippen molar-refractivity contribution in [2.45, 2.75) is 32.7 Å². The van der Waals surface area contributed by atoms with Gasteiger partial charge in [0, 0.05) is 18.8 Å². The largest absolute Gasteiger partial charge is 0.395 e. The predicted molar refractivity (Wildman–Crippen MR) is 74.5 cm³/mol. The molecule has 0 saturated carbocycles. The molecule has 6 nitrogen and oxygen atoms in total. The lowest BCUT2D eigenvalue weighted by Crippen LogP contribution is -2.42. The van der Waals surface area contributed by atoms with E-state index < -0.39 is 0 Å². The number of hydrogen-bond acceptors (Lipinski definition) is 5. The molecule has 0 fully saturated rings. The molecule has 0 bridgehead atoms. The molecule has 1 rings (SSSR count). The van der Waals surface area contributed by atoms with E-state index in [-0.39, 0.29) is 18.6 Å². The number of nitrogens with one attached hydrogen (secondary N) is 1. The van der Waals surface area contributed by atoms with Crippen LogP contribution in [-0.2, 0) is 0 Å². The number of amides is 1. The van der Waals surface area contributed by atoms with Gasteiger partial charge in [-0.2, -0.15) is 0 Å². The van der Waals surface area contributed by atoms with Gasteiger partial charge in [0.25, 0.3) is 5.91 Å². The monoisotopic (exact) mass is 266 g/mol. The quantitative estimate of drug-likeness (QED) is 0.505. The average Bonchev–Trinajstić information content (AvgIpc) is 2.46. The van der Waals surface area contributed by atoms with Gasteiger partial charge in [-0.25, -0.2) is 0 Å². The molecule has 0 saturated heterocycles. The number of aromatic nitrogens is 1. The van der Waals surface area contributed by atoms with Crippen LogP contribution < -0.4 is 11.3 Å². The Kier molecular flexibility index (Phi) is 6.24. The lowest BCUT2D eigenvalue weighted by molar-refractivity contribution is 0.0623. The molecule has 0 aliphatic rings. The molecule has 19 heavy (non-hydrogen) atoms. The summed E-state index contributed by atoms with van der Waals surface area (Å²) < 4.78 is 0. The van der Waals surface area contributed by atoms with Gasteiger partial charge in [-0.05, 0) is 18.9 Å². The molecule has 0 aliphatic carbocycles. The number of carbonyl (C=O) groups is 1. The van der Waals surface area contributed by atoms with Crippen molar-refractivity contribution < 1.29 is 9.90 Å². The molecule has 0 aliphatic heterocycles. The van der Waals surface area contributed by atoms with Crippen LogP contribution in [0.2, 0.25) is 0 Å². The Morgan fingerprint density at radius 1 is 1.53 bits per heavy atom. The van der Waals surface area contributed by atoms with E-state index in [0.717, 1.165) is 12.8 Å². The number of hydrazine groups is 1. The predicted octanol–water partition coefficient (Wildman–Crippen LogP) is 0.990. The highest BCUT2D eigenvalue weighted by Crippen LogP contribution is 2.18. The van der Waals surface area contributed by atoms with E-state index >= 15 is 0 Å². The van der Waals surface area contributed by atoms with Crippen LogP contribution >= 0.6 is 0 Å². The van der Waals surface area contributed by atoms with Crippen molar-refractivity contribution in [3.63, 3.8) is 0 Å². The Bertz CT molecular complexity index is 407. The number of nitrogens with two attached hydrogens (primary N) is 1. The Morgan fingerprint density at radius 3 is 2.74 bits per heavy atom. The summed E-state index contributed by atoms with van der Waals surface area (Å²) in [6.45, 7) is 4.32. The Labute approximate surface area is 113 Å². The molecule has 0 atom stereocenters. The van der Waals surface area contributed by atoms with Crippen LogP contribution in [0.5, 0.6) is 0 Å². The van der Waals surface area contributed by atoms with Crippen molar-refractivity contribution in [1.29, 1.82) is 0 Å². The van der Waals surface area contributed by atoms with E-state index in [0.29, 0.717) is 17.8 Å². The third kappa shape index (κ3) is 3.65. The van der Waals surface area contributed by atoms with Crippen molar-refractivity contribution in [3.05, 3.63) is 24.0 Å². The van der Waals surface area contributed by atoms with Crippen LogP contribution in [-0.4, -0.2) is 40.1 Å². The van der Waals surface area contributed by atoms with Gasteiger partial charge in [-0.1, -0.05) is 13.8 Å². The van der Waals surface area contributed by atoms with Crippen molar-refractivity contribution in [2.75, 3.05) is 18.6 Å².